The third-order valence-electron chi connectivity index (χ3n) is 4.31. The van der Waals surface area contributed by atoms with Crippen molar-refractivity contribution in [3.63, 3.8) is 0 Å². The Morgan fingerprint density at radius 3 is 2.77 bits per heavy atom. The average Bonchev–Trinajstić information content (AvgIpc) is 3.41. The first-order valence-corrected chi connectivity index (χ1v) is 11.8. The number of carbonyl (C=O) groups is 2. The Hall–Kier alpha value is -2.26. The fourth-order valence-electron chi connectivity index (χ4n) is 2.65. The summed E-state index contributed by atoms with van der Waals surface area (Å²) in [7, 11) is -3.77. The molecule has 1 unspecified atom stereocenters. The summed E-state index contributed by atoms with van der Waals surface area (Å²) in [4.78, 5) is 23.5. The number of carboxylic acids is 1. The van der Waals surface area contributed by atoms with Gasteiger partial charge in [-0.15, -0.1) is 0 Å². The van der Waals surface area contributed by atoms with Crippen molar-refractivity contribution in [3.8, 4) is 5.88 Å². The second-order valence-corrected chi connectivity index (χ2v) is 8.79. The molecule has 1 aliphatic heterocycles. The lowest BCUT2D eigenvalue weighted by Crippen LogP contribution is -2.48. The van der Waals surface area contributed by atoms with Crippen LogP contribution in [0.5, 0.6) is 5.88 Å². The highest BCUT2D eigenvalue weighted by Crippen LogP contribution is 2.11. The molecule has 1 saturated heterocycles. The molecule has 13 nitrogen and oxygen atoms in total. The molecule has 176 valence electrons. The van der Waals surface area contributed by atoms with E-state index in [2.05, 4.69) is 31.1 Å². The molecule has 0 spiro atoms. The molecule has 2 rings (SSSR count). The predicted molar refractivity (Wildman–Crippen MR) is 110 cm³/mol. The van der Waals surface area contributed by atoms with Gasteiger partial charge in [-0.25, -0.2) is 8.42 Å². The molecule has 1 aromatic rings. The van der Waals surface area contributed by atoms with Crippen molar-refractivity contribution in [2.75, 3.05) is 38.5 Å². The molecule has 1 aromatic heterocycles. The third kappa shape index (κ3) is 9.18. The lowest BCUT2D eigenvalue weighted by atomic mass is 10.3. The van der Waals surface area contributed by atoms with Crippen molar-refractivity contribution in [1.29, 1.82) is 0 Å². The first kappa shape index (κ1) is 25.0. The summed E-state index contributed by atoms with van der Waals surface area (Å²) < 4.78 is 36.2. The first-order valence-electron chi connectivity index (χ1n) is 10.1. The van der Waals surface area contributed by atoms with Crippen LogP contribution in [-0.2, 0) is 14.8 Å². The number of aromatic nitrogens is 1. The summed E-state index contributed by atoms with van der Waals surface area (Å²) in [6.07, 6.45) is 1.84. The third-order valence-corrected chi connectivity index (χ3v) is 5.78. The Kier molecular flexibility index (Phi) is 10.1. The Bertz CT molecular complexity index is 810. The van der Waals surface area contributed by atoms with Gasteiger partial charge < -0.3 is 19.7 Å². The van der Waals surface area contributed by atoms with Crippen LogP contribution in [0.15, 0.2) is 10.6 Å². The van der Waals surface area contributed by atoms with Crippen LogP contribution in [0.2, 0.25) is 0 Å². The highest BCUT2D eigenvalue weighted by molar-refractivity contribution is 7.89. The molecule has 0 aliphatic carbocycles. The van der Waals surface area contributed by atoms with Crippen molar-refractivity contribution < 1.29 is 32.4 Å². The van der Waals surface area contributed by atoms with E-state index in [0.717, 1.165) is 13.1 Å². The van der Waals surface area contributed by atoms with Crippen LogP contribution in [0.1, 0.15) is 36.7 Å². The zero-order valence-corrected chi connectivity index (χ0v) is 18.2. The van der Waals surface area contributed by atoms with E-state index in [1.807, 2.05) is 6.92 Å². The molecule has 0 radical (unpaired) electrons. The molecule has 1 aliphatic rings. The second-order valence-electron chi connectivity index (χ2n) is 6.92. The number of rotatable bonds is 15. The minimum atomic E-state index is -3.77. The van der Waals surface area contributed by atoms with Crippen LogP contribution in [0, 0.1) is 0 Å². The van der Waals surface area contributed by atoms with Gasteiger partial charge in [0, 0.05) is 26.2 Å². The van der Waals surface area contributed by atoms with Gasteiger partial charge in [0.1, 0.15) is 12.3 Å². The molecule has 31 heavy (non-hydrogen) atoms. The van der Waals surface area contributed by atoms with Gasteiger partial charge in [-0.05, 0) is 18.0 Å². The molecule has 1 amide bonds. The topological polar surface area (TPSA) is 184 Å². The number of carbonyl (C=O) groups excluding carboxylic acids is 1. The highest BCUT2D eigenvalue weighted by Gasteiger charge is 2.25. The minimum Gasteiger partial charge on any atom is -0.480 e. The maximum absolute atomic E-state index is 12.2. The summed E-state index contributed by atoms with van der Waals surface area (Å²) in [5, 5.41) is 24.9. The van der Waals surface area contributed by atoms with Gasteiger partial charge in [0.25, 0.3) is 11.8 Å². The molecule has 0 bridgehead atoms. The van der Waals surface area contributed by atoms with Crippen LogP contribution in [0.4, 0.5) is 0 Å². The van der Waals surface area contributed by atoms with Gasteiger partial charge in [0.15, 0.2) is 0 Å². The van der Waals surface area contributed by atoms with Crippen molar-refractivity contribution in [2.24, 2.45) is 0 Å². The molecule has 14 heteroatoms. The number of sulfonamides is 1. The predicted octanol–water partition coefficient (Wildman–Crippen LogP) is -1.59. The molecule has 1 atom stereocenters. The Morgan fingerprint density at radius 2 is 2.10 bits per heavy atom. The highest BCUT2D eigenvalue weighted by atomic mass is 32.2. The molecule has 2 heterocycles. The SMILES string of the molecule is CCCCS(=O)(=O)NC(CNC(=O)c1cc(OCCCNC2NCCN2)no1)C(=O)O. The smallest absolute Gasteiger partial charge is 0.323 e. The molecule has 0 aromatic carbocycles. The summed E-state index contributed by atoms with van der Waals surface area (Å²) >= 11 is 0. The normalized spacial score (nSPS) is 15.6. The van der Waals surface area contributed by atoms with Gasteiger partial charge in [-0.3, -0.25) is 25.5 Å². The van der Waals surface area contributed by atoms with Crippen molar-refractivity contribution in [3.05, 3.63) is 11.8 Å². The van der Waals surface area contributed by atoms with E-state index in [4.69, 9.17) is 9.26 Å². The standard InChI is InChI=1S/C17H30N6O7S/c1-2-3-9-31(27,28)23-12(16(25)26)11-21-15(24)13-10-14(22-30-13)29-8-4-5-18-17-19-6-7-20-17/h10,12,17-20,23H,2-9,11H2,1H3,(H,21,24)(H,25,26). The number of hydrogen-bond donors (Lipinski definition) is 6. The summed E-state index contributed by atoms with van der Waals surface area (Å²) in [6, 6.07) is -0.217. The lowest BCUT2D eigenvalue weighted by Gasteiger charge is -2.14. The number of ether oxygens (including phenoxy) is 1. The number of nitrogens with zero attached hydrogens (tertiary/aromatic N) is 1. The number of nitrogens with one attached hydrogen (secondary N) is 5. The fraction of sp³-hybridized carbons (Fsp3) is 0.706. The van der Waals surface area contributed by atoms with Crippen LogP contribution < -0.4 is 30.7 Å². The Morgan fingerprint density at radius 1 is 1.35 bits per heavy atom. The maximum atomic E-state index is 12.2. The van der Waals surface area contributed by atoms with Gasteiger partial charge in [-0.1, -0.05) is 13.3 Å². The van der Waals surface area contributed by atoms with Crippen LogP contribution in [0.3, 0.4) is 0 Å². The average molecular weight is 463 g/mol. The van der Waals surface area contributed by atoms with E-state index in [9.17, 15) is 23.1 Å². The van der Waals surface area contributed by atoms with Crippen LogP contribution in [0.25, 0.3) is 0 Å². The van der Waals surface area contributed by atoms with Crippen molar-refractivity contribution >= 4 is 21.9 Å². The second kappa shape index (κ2) is 12.6. The minimum absolute atomic E-state index is 0.0908. The van der Waals surface area contributed by atoms with E-state index >= 15 is 0 Å². The van der Waals surface area contributed by atoms with Gasteiger partial charge in [0.2, 0.25) is 15.8 Å². The maximum Gasteiger partial charge on any atom is 0.323 e. The molecule has 0 saturated carbocycles. The zero-order valence-electron chi connectivity index (χ0n) is 17.3. The van der Waals surface area contributed by atoms with Crippen molar-refractivity contribution in [1.82, 2.24) is 31.1 Å². The molecular formula is C17H30N6O7S. The van der Waals surface area contributed by atoms with Gasteiger partial charge >= 0.3 is 5.97 Å². The Balaban J connectivity index is 1.73. The van der Waals surface area contributed by atoms with Gasteiger partial charge in [0.05, 0.1) is 18.4 Å². The van der Waals surface area contributed by atoms with E-state index in [1.54, 1.807) is 0 Å². The number of aliphatic carboxylic acids is 1. The zero-order chi connectivity index (χ0) is 22.7. The number of hydrogen-bond acceptors (Lipinski definition) is 10. The van der Waals surface area contributed by atoms with E-state index in [0.29, 0.717) is 32.4 Å². The quantitative estimate of drug-likeness (QED) is 0.165. The monoisotopic (exact) mass is 462 g/mol. The molecular weight excluding hydrogens is 432 g/mol. The Labute approximate surface area is 180 Å². The van der Waals surface area contributed by atoms with E-state index in [1.165, 1.54) is 6.07 Å². The number of unbranched alkanes of at least 4 members (excludes halogenated alkanes) is 1. The molecule has 1 fully saturated rings. The summed E-state index contributed by atoms with van der Waals surface area (Å²) in [5.74, 6) is -2.38. The summed E-state index contributed by atoms with van der Waals surface area (Å²) in [6.45, 7) is 4.26. The lowest BCUT2D eigenvalue weighted by molar-refractivity contribution is -0.138. The number of carboxylic acid groups (broad SMARTS) is 1. The number of amides is 1. The fourth-order valence-corrected chi connectivity index (χ4v) is 4.05. The van der Waals surface area contributed by atoms with E-state index < -0.39 is 34.5 Å². The summed E-state index contributed by atoms with van der Waals surface area (Å²) in [5.41, 5.74) is 0. The van der Waals surface area contributed by atoms with Crippen LogP contribution >= 0.6 is 0 Å². The van der Waals surface area contributed by atoms with Crippen LogP contribution in [-0.4, -0.2) is 81.4 Å². The van der Waals surface area contributed by atoms with Crippen molar-refractivity contribution in [2.45, 2.75) is 38.5 Å². The van der Waals surface area contributed by atoms with E-state index in [-0.39, 0.29) is 23.7 Å². The largest absolute Gasteiger partial charge is 0.480 e. The first-order chi connectivity index (χ1) is 14.8. The molecule has 6 N–H and O–H groups in total. The van der Waals surface area contributed by atoms with Gasteiger partial charge in [-0.2, -0.15) is 4.72 Å².